The Balaban J connectivity index is 1.41. The van der Waals surface area contributed by atoms with Crippen molar-refractivity contribution >= 4 is 34.7 Å². The summed E-state index contributed by atoms with van der Waals surface area (Å²) in [5.41, 5.74) is 9.26. The molecule has 1 heterocycles. The first-order valence-corrected chi connectivity index (χ1v) is 12.7. The first kappa shape index (κ1) is 24.6. The van der Waals surface area contributed by atoms with Gasteiger partial charge >= 0.3 is 0 Å². The lowest BCUT2D eigenvalue weighted by molar-refractivity contribution is -0.117. The van der Waals surface area contributed by atoms with Gasteiger partial charge in [0.05, 0.1) is 18.0 Å². The minimum absolute atomic E-state index is 0.251. The maximum absolute atomic E-state index is 11.4. The minimum atomic E-state index is -0.338. The summed E-state index contributed by atoms with van der Waals surface area (Å²) in [6.45, 7) is 5.22. The highest BCUT2D eigenvalue weighted by atomic mass is 32.2. The number of anilines is 2. The molecular weight excluding hydrogens is 458 g/mol. The van der Waals surface area contributed by atoms with Gasteiger partial charge in [0.1, 0.15) is 5.75 Å². The maximum Gasteiger partial charge on any atom is 0.219 e. The van der Waals surface area contributed by atoms with Gasteiger partial charge in [0.25, 0.3) is 0 Å². The highest BCUT2D eigenvalue weighted by Crippen LogP contribution is 2.46. The van der Waals surface area contributed by atoms with Crippen LogP contribution in [0, 0.1) is 0 Å². The molecule has 2 atom stereocenters. The van der Waals surface area contributed by atoms with E-state index in [0.29, 0.717) is 19.2 Å². The van der Waals surface area contributed by atoms with Crippen LogP contribution in [0.15, 0.2) is 87.9 Å². The summed E-state index contributed by atoms with van der Waals surface area (Å²) in [6.07, 6.45) is 1.20. The van der Waals surface area contributed by atoms with Crippen LogP contribution in [0.5, 0.6) is 5.75 Å². The Morgan fingerprint density at radius 2 is 1.91 bits per heavy atom. The SMILES string of the molecule is CCOc1ccc2c(c1)SC(N=Nc1ccc(NC(C)Cc3ccccc3)cc1)N2CCC(N)=O. The molecule has 0 aromatic heterocycles. The summed E-state index contributed by atoms with van der Waals surface area (Å²) in [5, 5.41) is 12.6. The van der Waals surface area contributed by atoms with Crippen molar-refractivity contribution in [2.45, 2.75) is 43.1 Å². The molecule has 0 spiro atoms. The standard InChI is InChI=1S/C27H31N5O2S/c1-3-34-23-13-14-24-25(18-23)35-27(32(24)16-15-26(28)33)31-30-22-11-9-21(10-12-22)29-19(2)17-20-7-5-4-6-8-20/h4-14,18-19,27,29H,3,15-17H2,1-2H3,(H2,28,33). The number of primary amides is 1. The first-order chi connectivity index (χ1) is 17.0. The number of nitrogens with zero attached hydrogens (tertiary/aromatic N) is 3. The molecular formula is C27H31N5O2S. The molecule has 1 aliphatic rings. The Bertz CT molecular complexity index is 1150. The normalized spacial score (nSPS) is 15.7. The van der Waals surface area contributed by atoms with Crippen LogP contribution in [0.3, 0.4) is 0 Å². The van der Waals surface area contributed by atoms with Crippen LogP contribution in [-0.2, 0) is 11.2 Å². The fourth-order valence-corrected chi connectivity index (χ4v) is 5.13. The number of thioether (sulfide) groups is 1. The van der Waals surface area contributed by atoms with Crippen LogP contribution in [0.4, 0.5) is 17.1 Å². The van der Waals surface area contributed by atoms with E-state index in [1.165, 1.54) is 5.56 Å². The van der Waals surface area contributed by atoms with Crippen molar-refractivity contribution in [2.75, 3.05) is 23.4 Å². The van der Waals surface area contributed by atoms with Crippen molar-refractivity contribution in [3.8, 4) is 5.75 Å². The largest absolute Gasteiger partial charge is 0.494 e. The molecule has 7 nitrogen and oxygen atoms in total. The van der Waals surface area contributed by atoms with Gasteiger partial charge in [-0.05, 0) is 68.3 Å². The van der Waals surface area contributed by atoms with Crippen molar-refractivity contribution in [1.29, 1.82) is 0 Å². The molecule has 0 radical (unpaired) electrons. The Morgan fingerprint density at radius 3 is 2.63 bits per heavy atom. The van der Waals surface area contributed by atoms with E-state index in [1.807, 2.05) is 55.5 Å². The molecule has 0 fully saturated rings. The molecule has 8 heteroatoms. The molecule has 1 amide bonds. The fraction of sp³-hybridized carbons (Fsp3) is 0.296. The van der Waals surface area contributed by atoms with Crippen molar-refractivity contribution in [1.82, 2.24) is 0 Å². The van der Waals surface area contributed by atoms with E-state index in [4.69, 9.17) is 10.5 Å². The summed E-state index contributed by atoms with van der Waals surface area (Å²) in [4.78, 5) is 14.5. The zero-order valence-electron chi connectivity index (χ0n) is 20.1. The predicted molar refractivity (Wildman–Crippen MR) is 143 cm³/mol. The molecule has 0 bridgehead atoms. The third-order valence-corrected chi connectivity index (χ3v) is 6.73. The molecule has 0 saturated heterocycles. The Hall–Kier alpha value is -3.52. The van der Waals surface area contributed by atoms with Gasteiger partial charge in [0.15, 0.2) is 5.50 Å². The summed E-state index contributed by atoms with van der Waals surface area (Å²) in [5.74, 6) is 0.477. The third kappa shape index (κ3) is 6.76. The fourth-order valence-electron chi connectivity index (χ4n) is 3.97. The molecule has 0 aliphatic carbocycles. The number of nitrogens with one attached hydrogen (secondary N) is 1. The highest BCUT2D eigenvalue weighted by Gasteiger charge is 2.30. The van der Waals surface area contributed by atoms with Crippen LogP contribution < -0.4 is 20.7 Å². The summed E-state index contributed by atoms with van der Waals surface area (Å²) in [7, 11) is 0. The van der Waals surface area contributed by atoms with Crippen molar-refractivity contribution in [2.24, 2.45) is 16.0 Å². The number of carbonyl (C=O) groups excluding carboxylic acids is 1. The van der Waals surface area contributed by atoms with E-state index in [-0.39, 0.29) is 17.8 Å². The lowest BCUT2D eigenvalue weighted by atomic mass is 10.1. The molecule has 0 saturated carbocycles. The quantitative estimate of drug-likeness (QED) is 0.323. The Morgan fingerprint density at radius 1 is 1.14 bits per heavy atom. The molecule has 35 heavy (non-hydrogen) atoms. The number of hydrogen-bond donors (Lipinski definition) is 2. The average Bonchev–Trinajstić information content (AvgIpc) is 3.19. The molecule has 182 valence electrons. The minimum Gasteiger partial charge on any atom is -0.494 e. The Kier molecular flexibility index (Phi) is 8.26. The first-order valence-electron chi connectivity index (χ1n) is 11.8. The van der Waals surface area contributed by atoms with Crippen molar-refractivity contribution in [3.05, 3.63) is 78.4 Å². The van der Waals surface area contributed by atoms with Crippen LogP contribution in [-0.4, -0.2) is 30.6 Å². The number of azo groups is 1. The predicted octanol–water partition coefficient (Wildman–Crippen LogP) is 5.98. The van der Waals surface area contributed by atoms with Crippen LogP contribution in [0.1, 0.15) is 25.8 Å². The number of ether oxygens (including phenoxy) is 1. The van der Waals surface area contributed by atoms with E-state index in [2.05, 4.69) is 51.6 Å². The van der Waals surface area contributed by atoms with Crippen molar-refractivity contribution in [3.63, 3.8) is 0 Å². The van der Waals surface area contributed by atoms with Crippen LogP contribution in [0.2, 0.25) is 0 Å². The Labute approximate surface area is 210 Å². The number of benzene rings is 3. The number of fused-ring (bicyclic) bond motifs is 1. The topological polar surface area (TPSA) is 92.3 Å². The van der Waals surface area contributed by atoms with Crippen LogP contribution >= 0.6 is 11.8 Å². The molecule has 4 rings (SSSR count). The second-order valence-electron chi connectivity index (χ2n) is 8.41. The lowest BCUT2D eigenvalue weighted by Gasteiger charge is -2.22. The van der Waals surface area contributed by atoms with Crippen molar-refractivity contribution < 1.29 is 9.53 Å². The van der Waals surface area contributed by atoms with E-state index >= 15 is 0 Å². The number of carbonyl (C=O) groups is 1. The summed E-state index contributed by atoms with van der Waals surface area (Å²) >= 11 is 1.59. The zero-order chi connectivity index (χ0) is 24.6. The van der Waals surface area contributed by atoms with Gasteiger partial charge in [-0.25, -0.2) is 0 Å². The van der Waals surface area contributed by atoms with E-state index in [0.717, 1.165) is 34.1 Å². The van der Waals surface area contributed by atoms with Crippen LogP contribution in [0.25, 0.3) is 0 Å². The smallest absolute Gasteiger partial charge is 0.219 e. The number of nitrogens with two attached hydrogens (primary N) is 1. The zero-order valence-corrected chi connectivity index (χ0v) is 20.9. The number of rotatable bonds is 11. The number of hydrogen-bond acceptors (Lipinski definition) is 7. The van der Waals surface area contributed by atoms with Gasteiger partial charge in [-0.2, -0.15) is 10.2 Å². The van der Waals surface area contributed by atoms with Gasteiger partial charge in [-0.3, -0.25) is 4.79 Å². The van der Waals surface area contributed by atoms with E-state index in [1.54, 1.807) is 11.8 Å². The second kappa shape index (κ2) is 11.8. The molecule has 2 unspecified atom stereocenters. The van der Waals surface area contributed by atoms with Gasteiger partial charge in [0, 0.05) is 29.6 Å². The monoisotopic (exact) mass is 489 g/mol. The highest BCUT2D eigenvalue weighted by molar-refractivity contribution is 8.00. The van der Waals surface area contributed by atoms with E-state index in [9.17, 15) is 4.79 Å². The summed E-state index contributed by atoms with van der Waals surface area (Å²) < 4.78 is 5.63. The van der Waals surface area contributed by atoms with Gasteiger partial charge in [0.2, 0.25) is 5.91 Å². The molecule has 3 N–H and O–H groups in total. The van der Waals surface area contributed by atoms with Gasteiger partial charge in [-0.15, -0.1) is 0 Å². The third-order valence-electron chi connectivity index (χ3n) is 5.59. The average molecular weight is 490 g/mol. The van der Waals surface area contributed by atoms with Gasteiger partial charge < -0.3 is 20.7 Å². The molecule has 1 aliphatic heterocycles. The van der Waals surface area contributed by atoms with Gasteiger partial charge in [-0.1, -0.05) is 42.1 Å². The molecule has 3 aromatic carbocycles. The van der Waals surface area contributed by atoms with E-state index < -0.39 is 0 Å². The second-order valence-corrected chi connectivity index (χ2v) is 9.51. The maximum atomic E-state index is 11.4. The lowest BCUT2D eigenvalue weighted by Crippen LogP contribution is -2.31. The molecule has 3 aromatic rings. The summed E-state index contributed by atoms with van der Waals surface area (Å²) in [6, 6.07) is 24.6. The number of amides is 1.